The number of carboxylic acid groups (broad SMARTS) is 1. The number of alkyl halides is 3. The molecule has 0 bridgehead atoms. The number of halogens is 3. The Balaban J connectivity index is 2.67. The fraction of sp³-hybridized carbons (Fsp3) is 0.500. The molecule has 1 heterocycles. The minimum Gasteiger partial charge on any atom is -0.480 e. The molecule has 20 heavy (non-hydrogen) atoms. The van der Waals surface area contributed by atoms with Gasteiger partial charge in [-0.05, 0) is 13.0 Å². The summed E-state index contributed by atoms with van der Waals surface area (Å²) in [5.74, 6) is -2.33. The van der Waals surface area contributed by atoms with Gasteiger partial charge in [-0.25, -0.2) is 4.79 Å². The van der Waals surface area contributed by atoms with Crippen LogP contribution in [0.4, 0.5) is 13.2 Å². The van der Waals surface area contributed by atoms with E-state index >= 15 is 0 Å². The van der Waals surface area contributed by atoms with Crippen LogP contribution in [0.5, 0.6) is 0 Å². The van der Waals surface area contributed by atoms with Crippen molar-refractivity contribution in [3.8, 4) is 0 Å². The Morgan fingerprint density at radius 1 is 1.50 bits per heavy atom. The van der Waals surface area contributed by atoms with E-state index in [-0.39, 0.29) is 0 Å². The smallest absolute Gasteiger partial charge is 0.435 e. The number of nitrogens with zero attached hydrogens (tertiary/aromatic N) is 2. The van der Waals surface area contributed by atoms with Crippen LogP contribution in [0.15, 0.2) is 12.3 Å². The number of amides is 1. The summed E-state index contributed by atoms with van der Waals surface area (Å²) in [6.45, 7) is 0.571. The van der Waals surface area contributed by atoms with Gasteiger partial charge >= 0.3 is 12.1 Å². The van der Waals surface area contributed by atoms with Gasteiger partial charge in [0.2, 0.25) is 5.91 Å². The quantitative estimate of drug-likeness (QED) is 0.701. The second-order valence-electron chi connectivity index (χ2n) is 4.02. The van der Waals surface area contributed by atoms with Crippen LogP contribution in [0.25, 0.3) is 0 Å². The molecule has 1 amide bonds. The first-order valence-corrected chi connectivity index (χ1v) is 5.42. The monoisotopic (exact) mass is 295 g/mol. The zero-order valence-electron chi connectivity index (χ0n) is 10.3. The molecule has 0 saturated heterocycles. The van der Waals surface area contributed by atoms with Gasteiger partial charge in [-0.15, -0.1) is 0 Å². The summed E-state index contributed by atoms with van der Waals surface area (Å²) < 4.78 is 37.5. The molecular formula is C10H12F3N3O4. The van der Waals surface area contributed by atoms with E-state index in [1.54, 1.807) is 0 Å². The Bertz CT molecular complexity index is 498. The number of nitrogens with one attached hydrogen (secondary N) is 1. The highest BCUT2D eigenvalue weighted by molar-refractivity contribution is 5.83. The van der Waals surface area contributed by atoms with Gasteiger partial charge < -0.3 is 15.5 Å². The van der Waals surface area contributed by atoms with Gasteiger partial charge in [0.1, 0.15) is 6.54 Å². The molecule has 1 rings (SSSR count). The van der Waals surface area contributed by atoms with E-state index in [0.717, 1.165) is 17.8 Å². The molecule has 1 aromatic heterocycles. The highest BCUT2D eigenvalue weighted by Gasteiger charge is 2.33. The van der Waals surface area contributed by atoms with Crippen LogP contribution in [0.1, 0.15) is 12.6 Å². The molecule has 10 heteroatoms. The summed E-state index contributed by atoms with van der Waals surface area (Å²) in [6.07, 6.45) is -5.02. The van der Waals surface area contributed by atoms with Crippen molar-refractivity contribution in [3.05, 3.63) is 18.0 Å². The fourth-order valence-electron chi connectivity index (χ4n) is 1.36. The number of hydrogen-bond acceptors (Lipinski definition) is 4. The number of hydrogen-bond donors (Lipinski definition) is 3. The van der Waals surface area contributed by atoms with Crippen LogP contribution >= 0.6 is 0 Å². The average Bonchev–Trinajstić information content (AvgIpc) is 2.73. The van der Waals surface area contributed by atoms with Crippen molar-refractivity contribution in [3.63, 3.8) is 0 Å². The van der Waals surface area contributed by atoms with Crippen molar-refractivity contribution in [2.24, 2.45) is 0 Å². The van der Waals surface area contributed by atoms with E-state index in [9.17, 15) is 22.8 Å². The van der Waals surface area contributed by atoms with Gasteiger partial charge in [-0.3, -0.25) is 9.48 Å². The summed E-state index contributed by atoms with van der Waals surface area (Å²) in [4.78, 5) is 22.2. The molecule has 0 aliphatic carbocycles. The number of rotatable bonds is 5. The molecule has 0 unspecified atom stereocenters. The largest absolute Gasteiger partial charge is 0.480 e. The van der Waals surface area contributed by atoms with Gasteiger partial charge in [0.15, 0.2) is 11.7 Å². The molecule has 112 valence electrons. The molecule has 0 radical (unpaired) electrons. The van der Waals surface area contributed by atoms with Gasteiger partial charge in [-0.2, -0.15) is 18.3 Å². The highest BCUT2D eigenvalue weighted by Crippen LogP contribution is 2.27. The first-order chi connectivity index (χ1) is 9.11. The summed E-state index contributed by atoms with van der Waals surface area (Å²) in [6, 6.07) is -0.850. The van der Waals surface area contributed by atoms with E-state index in [1.165, 1.54) is 0 Å². The number of aromatic nitrogens is 2. The van der Waals surface area contributed by atoms with Gasteiger partial charge in [0, 0.05) is 6.20 Å². The zero-order chi connectivity index (χ0) is 15.5. The lowest BCUT2D eigenvalue weighted by molar-refractivity contribution is -0.144. The SMILES string of the molecule is C[C@@H](O)[C@H](NC(=O)Cn1ccc(C(F)(F)F)n1)C(=O)O. The molecule has 7 nitrogen and oxygen atoms in total. The third kappa shape index (κ3) is 4.23. The van der Waals surface area contributed by atoms with Crippen molar-refractivity contribution >= 4 is 11.9 Å². The van der Waals surface area contributed by atoms with Crippen LogP contribution < -0.4 is 5.32 Å². The average molecular weight is 295 g/mol. The van der Waals surface area contributed by atoms with E-state index in [4.69, 9.17) is 10.2 Å². The standard InChI is InChI=1S/C10H12F3N3O4/c1-5(17)8(9(19)20)14-7(18)4-16-3-2-6(15-16)10(11,12)13/h2-3,5,8,17H,4H2,1H3,(H,14,18)(H,19,20)/t5-,8+/m1/s1. The van der Waals surface area contributed by atoms with E-state index in [0.29, 0.717) is 6.07 Å². The zero-order valence-corrected chi connectivity index (χ0v) is 10.3. The van der Waals surface area contributed by atoms with Crippen LogP contribution in [0.2, 0.25) is 0 Å². The van der Waals surface area contributed by atoms with Gasteiger partial charge in [-0.1, -0.05) is 0 Å². The van der Waals surface area contributed by atoms with Crippen molar-refractivity contribution in [2.45, 2.75) is 31.8 Å². The topological polar surface area (TPSA) is 104 Å². The number of carbonyl (C=O) groups excluding carboxylic acids is 1. The maximum absolute atomic E-state index is 12.3. The predicted molar refractivity (Wildman–Crippen MR) is 58.5 cm³/mol. The number of aliphatic carboxylic acids is 1. The molecule has 0 aliphatic heterocycles. The van der Waals surface area contributed by atoms with Crippen molar-refractivity contribution in [2.75, 3.05) is 0 Å². The van der Waals surface area contributed by atoms with E-state index < -0.39 is 42.4 Å². The lowest BCUT2D eigenvalue weighted by atomic mass is 10.2. The summed E-state index contributed by atoms with van der Waals surface area (Å²) >= 11 is 0. The Kier molecular flexibility index (Phi) is 4.71. The third-order valence-electron chi connectivity index (χ3n) is 2.30. The van der Waals surface area contributed by atoms with Crippen molar-refractivity contribution in [1.82, 2.24) is 15.1 Å². The highest BCUT2D eigenvalue weighted by atomic mass is 19.4. The second kappa shape index (κ2) is 5.90. The Morgan fingerprint density at radius 3 is 2.50 bits per heavy atom. The summed E-state index contributed by atoms with van der Waals surface area (Å²) in [7, 11) is 0. The van der Waals surface area contributed by atoms with Crippen molar-refractivity contribution < 1.29 is 33.0 Å². The number of aliphatic hydroxyl groups excluding tert-OH is 1. The molecule has 3 N–H and O–H groups in total. The Labute approximate surface area is 111 Å². The van der Waals surface area contributed by atoms with Crippen LogP contribution in [0.3, 0.4) is 0 Å². The minimum absolute atomic E-state index is 0.591. The lowest BCUT2D eigenvalue weighted by Gasteiger charge is -2.16. The number of aliphatic hydroxyl groups is 1. The second-order valence-corrected chi connectivity index (χ2v) is 4.02. The first-order valence-electron chi connectivity index (χ1n) is 5.42. The first kappa shape index (κ1) is 16.0. The fourth-order valence-corrected chi connectivity index (χ4v) is 1.36. The minimum atomic E-state index is -4.62. The number of carboxylic acids is 1. The molecule has 2 atom stereocenters. The summed E-state index contributed by atoms with van der Waals surface area (Å²) in [5.41, 5.74) is -1.16. The van der Waals surface area contributed by atoms with Crippen LogP contribution in [-0.2, 0) is 22.3 Å². The molecule has 0 fully saturated rings. The van der Waals surface area contributed by atoms with Gasteiger partial charge in [0.05, 0.1) is 6.10 Å². The normalized spacial score (nSPS) is 14.7. The van der Waals surface area contributed by atoms with Crippen LogP contribution in [0, 0.1) is 0 Å². The lowest BCUT2D eigenvalue weighted by Crippen LogP contribution is -2.48. The van der Waals surface area contributed by atoms with Gasteiger partial charge in [0.25, 0.3) is 0 Å². The van der Waals surface area contributed by atoms with Crippen molar-refractivity contribution in [1.29, 1.82) is 0 Å². The molecule has 0 aromatic carbocycles. The van der Waals surface area contributed by atoms with Crippen LogP contribution in [-0.4, -0.2) is 44.0 Å². The Hall–Kier alpha value is -2.10. The molecule has 0 aliphatic rings. The van der Waals surface area contributed by atoms with E-state index in [1.807, 2.05) is 5.32 Å². The molecule has 0 spiro atoms. The predicted octanol–water partition coefficient (Wildman–Crippen LogP) is -0.148. The maximum atomic E-state index is 12.3. The molecular weight excluding hydrogens is 283 g/mol. The third-order valence-corrected chi connectivity index (χ3v) is 2.30. The number of carbonyl (C=O) groups is 2. The molecule has 1 aromatic rings. The van der Waals surface area contributed by atoms with E-state index in [2.05, 4.69) is 5.10 Å². The molecule has 0 saturated carbocycles. The summed E-state index contributed by atoms with van der Waals surface area (Å²) in [5, 5.41) is 23.0. The maximum Gasteiger partial charge on any atom is 0.435 e. The Morgan fingerprint density at radius 2 is 2.10 bits per heavy atom.